The molecule has 0 unspecified atom stereocenters. The highest BCUT2D eigenvalue weighted by Crippen LogP contribution is 2.36. The topological polar surface area (TPSA) is 92.3 Å². The summed E-state index contributed by atoms with van der Waals surface area (Å²) in [6.07, 6.45) is 9.83. The molecule has 0 atom stereocenters. The fourth-order valence-corrected chi connectivity index (χ4v) is 6.46. The number of aliphatic imine (C=N–C) groups is 1. The van der Waals surface area contributed by atoms with Crippen LogP contribution in [-0.2, 0) is 14.4 Å². The van der Waals surface area contributed by atoms with Crippen molar-refractivity contribution in [2.24, 2.45) is 10.9 Å². The van der Waals surface area contributed by atoms with Crippen LogP contribution in [-0.4, -0.2) is 107 Å². The minimum absolute atomic E-state index is 0.00272. The van der Waals surface area contributed by atoms with Crippen molar-refractivity contribution in [3.63, 3.8) is 0 Å². The smallest absolute Gasteiger partial charge is 0.256 e. The van der Waals surface area contributed by atoms with Gasteiger partial charge in [0.1, 0.15) is 11.4 Å². The fraction of sp³-hybridized carbons (Fsp3) is 0.444. The van der Waals surface area contributed by atoms with Gasteiger partial charge < -0.3 is 19.7 Å². The van der Waals surface area contributed by atoms with Crippen LogP contribution >= 0.6 is 0 Å². The molecule has 3 aliphatic rings. The number of piperidine rings is 1. The van der Waals surface area contributed by atoms with Crippen LogP contribution in [0.3, 0.4) is 0 Å². The second-order valence-electron chi connectivity index (χ2n) is 12.8. The van der Waals surface area contributed by atoms with Gasteiger partial charge in [-0.05, 0) is 87.8 Å². The second kappa shape index (κ2) is 13.0. The van der Waals surface area contributed by atoms with E-state index >= 15 is 0 Å². The molecule has 1 spiro atoms. The van der Waals surface area contributed by atoms with Gasteiger partial charge in [0.15, 0.2) is 0 Å². The molecule has 2 fully saturated rings. The lowest BCUT2D eigenvalue weighted by Gasteiger charge is -2.36. The highest BCUT2D eigenvalue weighted by molar-refractivity contribution is 6.15. The van der Waals surface area contributed by atoms with Gasteiger partial charge in [-0.1, -0.05) is 42.5 Å². The Morgan fingerprint density at radius 1 is 1.00 bits per heavy atom. The van der Waals surface area contributed by atoms with Crippen molar-refractivity contribution < 1.29 is 14.4 Å². The first-order chi connectivity index (χ1) is 21.8. The monoisotopic (exact) mass is 608 g/mol. The van der Waals surface area contributed by atoms with Gasteiger partial charge in [-0.2, -0.15) is 0 Å². The molecule has 236 valence electrons. The molecule has 1 saturated heterocycles. The second-order valence-corrected chi connectivity index (χ2v) is 12.8. The van der Waals surface area contributed by atoms with E-state index in [4.69, 9.17) is 4.99 Å². The highest BCUT2D eigenvalue weighted by atomic mass is 16.2. The van der Waals surface area contributed by atoms with E-state index in [1.54, 1.807) is 0 Å². The number of hydrogen-bond donors (Lipinski definition) is 1. The number of rotatable bonds is 11. The van der Waals surface area contributed by atoms with Crippen LogP contribution in [0.25, 0.3) is 22.0 Å². The first-order valence-electron chi connectivity index (χ1n) is 16.2. The Labute approximate surface area is 265 Å². The van der Waals surface area contributed by atoms with Crippen molar-refractivity contribution in [3.8, 4) is 11.1 Å². The van der Waals surface area contributed by atoms with Gasteiger partial charge >= 0.3 is 0 Å². The maximum absolute atomic E-state index is 14.1. The lowest BCUT2D eigenvalue weighted by atomic mass is 9.87. The minimum Gasteiger partial charge on any atom is -0.361 e. The Kier molecular flexibility index (Phi) is 8.90. The van der Waals surface area contributed by atoms with E-state index in [0.29, 0.717) is 51.4 Å². The zero-order valence-electron chi connectivity index (χ0n) is 26.7. The molecule has 2 aromatic carbocycles. The third kappa shape index (κ3) is 6.59. The van der Waals surface area contributed by atoms with Crippen LogP contribution in [0.1, 0.15) is 44.6 Å². The number of fused-ring (bicyclic) bond motifs is 1. The molecule has 1 aliphatic carbocycles. The Hall–Kier alpha value is -4.24. The summed E-state index contributed by atoms with van der Waals surface area (Å²) in [4.78, 5) is 55.2. The van der Waals surface area contributed by atoms with Gasteiger partial charge in [-0.15, -0.1) is 0 Å². The van der Waals surface area contributed by atoms with E-state index in [9.17, 15) is 14.4 Å². The quantitative estimate of drug-likeness (QED) is 0.324. The molecule has 3 aromatic rings. The molecule has 9 nitrogen and oxygen atoms in total. The van der Waals surface area contributed by atoms with Crippen LogP contribution in [0.15, 0.2) is 71.9 Å². The van der Waals surface area contributed by atoms with Crippen LogP contribution in [0.5, 0.6) is 0 Å². The Bertz CT molecular complexity index is 1610. The number of carbonyl (C=O) groups excluding carboxylic acids is 3. The molecule has 0 radical (unpaired) electrons. The molecule has 2 aliphatic heterocycles. The van der Waals surface area contributed by atoms with Gasteiger partial charge in [0.2, 0.25) is 11.8 Å². The van der Waals surface area contributed by atoms with Crippen LogP contribution in [0, 0.1) is 5.92 Å². The standard InChI is InChI=1S/C36H44N6O3/c1-4-40(34(44)28-12-13-28)20-6-5-7-21-42-33(38-36(35(42)45)17-22-41(23-18-36)32(43)25-39(2)3)27-10-8-26(9-11-27)29-14-15-31-30(24-29)16-19-37-31/h5,7-11,14-16,19,24,28,37H,4,6,12-13,17-18,20-23,25H2,1-3H3/b7-5-. The van der Waals surface area contributed by atoms with Gasteiger partial charge in [-0.3, -0.25) is 24.3 Å². The number of aromatic amines is 1. The molecule has 6 rings (SSSR count). The minimum atomic E-state index is -0.855. The van der Waals surface area contributed by atoms with Crippen LogP contribution < -0.4 is 0 Å². The van der Waals surface area contributed by atoms with Crippen molar-refractivity contribution in [1.82, 2.24) is 24.6 Å². The molecule has 1 aromatic heterocycles. The van der Waals surface area contributed by atoms with E-state index in [2.05, 4.69) is 59.6 Å². The van der Waals surface area contributed by atoms with Crippen LogP contribution in [0.4, 0.5) is 0 Å². The number of amides is 3. The number of nitrogens with one attached hydrogen (secondary N) is 1. The Morgan fingerprint density at radius 3 is 2.40 bits per heavy atom. The molecule has 3 amide bonds. The number of H-pyrrole nitrogens is 1. The van der Waals surface area contributed by atoms with Crippen molar-refractivity contribution >= 4 is 34.5 Å². The number of carbonyl (C=O) groups is 3. The predicted octanol–water partition coefficient (Wildman–Crippen LogP) is 4.55. The summed E-state index contributed by atoms with van der Waals surface area (Å²) in [6, 6.07) is 16.7. The Balaban J connectivity index is 1.19. The van der Waals surface area contributed by atoms with Crippen LogP contribution in [0.2, 0.25) is 0 Å². The lowest BCUT2D eigenvalue weighted by Crippen LogP contribution is -2.52. The summed E-state index contributed by atoms with van der Waals surface area (Å²) in [5.41, 5.74) is 3.38. The van der Waals surface area contributed by atoms with Crippen molar-refractivity contribution in [1.29, 1.82) is 0 Å². The van der Waals surface area contributed by atoms with Crippen molar-refractivity contribution in [2.45, 2.75) is 44.6 Å². The molecule has 3 heterocycles. The number of nitrogens with zero attached hydrogens (tertiary/aromatic N) is 5. The van der Waals surface area contributed by atoms with E-state index in [1.165, 1.54) is 0 Å². The molecule has 45 heavy (non-hydrogen) atoms. The van der Waals surface area contributed by atoms with E-state index in [-0.39, 0.29) is 23.6 Å². The number of likely N-dealkylation sites (N-methyl/N-ethyl adjacent to an activating group) is 1. The van der Waals surface area contributed by atoms with Crippen molar-refractivity contribution in [3.05, 3.63) is 72.4 Å². The molecule has 1 N–H and O–H groups in total. The average Bonchev–Trinajstić information content (AvgIpc) is 3.73. The van der Waals surface area contributed by atoms with Gasteiger partial charge in [0.05, 0.1) is 6.54 Å². The molecule has 9 heteroatoms. The molecular weight excluding hydrogens is 564 g/mol. The van der Waals surface area contributed by atoms with E-state index in [1.807, 2.05) is 52.9 Å². The van der Waals surface area contributed by atoms with Crippen molar-refractivity contribution in [2.75, 3.05) is 53.4 Å². The van der Waals surface area contributed by atoms with Gasteiger partial charge in [-0.25, -0.2) is 0 Å². The predicted molar refractivity (Wildman–Crippen MR) is 178 cm³/mol. The summed E-state index contributed by atoms with van der Waals surface area (Å²) >= 11 is 0. The number of benzene rings is 2. The highest BCUT2D eigenvalue weighted by Gasteiger charge is 2.50. The molecule has 0 bridgehead atoms. The van der Waals surface area contributed by atoms with E-state index in [0.717, 1.165) is 53.4 Å². The summed E-state index contributed by atoms with van der Waals surface area (Å²) < 4.78 is 0. The first-order valence-corrected chi connectivity index (χ1v) is 16.2. The number of aromatic nitrogens is 1. The fourth-order valence-electron chi connectivity index (χ4n) is 6.46. The SMILES string of the molecule is CCN(CC/C=C\CN1C(=O)C2(CCN(C(=O)CN(C)C)CC2)N=C1c1ccc(-c2ccc3[nH]ccc3c2)cc1)C(=O)C1CC1. The number of hydrogen-bond acceptors (Lipinski definition) is 5. The third-order valence-electron chi connectivity index (χ3n) is 9.28. The number of likely N-dealkylation sites (tertiary alicyclic amines) is 1. The number of amidine groups is 1. The normalized spacial score (nSPS) is 18.0. The first kappa shape index (κ1) is 30.8. The van der Waals surface area contributed by atoms with Gasteiger partial charge in [0.25, 0.3) is 5.91 Å². The van der Waals surface area contributed by atoms with E-state index < -0.39 is 5.54 Å². The average molecular weight is 609 g/mol. The summed E-state index contributed by atoms with van der Waals surface area (Å²) in [5, 5.41) is 1.16. The maximum atomic E-state index is 14.1. The summed E-state index contributed by atoms with van der Waals surface area (Å²) in [6.45, 7) is 5.24. The third-order valence-corrected chi connectivity index (χ3v) is 9.28. The lowest BCUT2D eigenvalue weighted by molar-refractivity contribution is -0.138. The van der Waals surface area contributed by atoms with Gasteiger partial charge in [0, 0.05) is 55.9 Å². The maximum Gasteiger partial charge on any atom is 0.256 e. The molecule has 1 saturated carbocycles. The Morgan fingerprint density at radius 2 is 1.71 bits per heavy atom. The summed E-state index contributed by atoms with van der Waals surface area (Å²) in [5.74, 6) is 1.26. The largest absolute Gasteiger partial charge is 0.361 e. The molecular formula is C36H44N6O3. The zero-order chi connectivity index (χ0) is 31.6. The summed E-state index contributed by atoms with van der Waals surface area (Å²) in [7, 11) is 3.78. The zero-order valence-corrected chi connectivity index (χ0v) is 26.7.